The Kier molecular flexibility index (Phi) is 4.32. The van der Waals surface area contributed by atoms with Crippen LogP contribution in [0.3, 0.4) is 0 Å². The van der Waals surface area contributed by atoms with E-state index in [1.54, 1.807) is 11.8 Å². The summed E-state index contributed by atoms with van der Waals surface area (Å²) in [7, 11) is 0. The van der Waals surface area contributed by atoms with Gasteiger partial charge < -0.3 is 10.6 Å². The zero-order chi connectivity index (χ0) is 10.6. The molecule has 1 atom stereocenters. The van der Waals surface area contributed by atoms with Crippen LogP contribution < -0.4 is 5.73 Å². The number of rotatable bonds is 3. The number of carbonyl (C=O) groups is 1. The summed E-state index contributed by atoms with van der Waals surface area (Å²) < 4.78 is 12.1. The van der Waals surface area contributed by atoms with E-state index >= 15 is 0 Å². The lowest BCUT2D eigenvalue weighted by Crippen LogP contribution is -2.45. The van der Waals surface area contributed by atoms with Crippen molar-refractivity contribution in [2.75, 3.05) is 19.8 Å². The van der Waals surface area contributed by atoms with Crippen molar-refractivity contribution in [1.82, 2.24) is 4.90 Å². The summed E-state index contributed by atoms with van der Waals surface area (Å²) in [6.45, 7) is 2.94. The molecule has 0 saturated carbocycles. The van der Waals surface area contributed by atoms with E-state index in [4.69, 9.17) is 5.73 Å². The van der Waals surface area contributed by atoms with Crippen LogP contribution in [0.2, 0.25) is 0 Å². The van der Waals surface area contributed by atoms with E-state index in [9.17, 15) is 9.18 Å². The molecular formula is C10H19FN2O. The molecule has 82 valence electrons. The van der Waals surface area contributed by atoms with Gasteiger partial charge in [0.15, 0.2) is 0 Å². The Balaban J connectivity index is 2.32. The van der Waals surface area contributed by atoms with E-state index < -0.39 is 6.04 Å². The summed E-state index contributed by atoms with van der Waals surface area (Å²) >= 11 is 0. The first-order chi connectivity index (χ1) is 6.65. The summed E-state index contributed by atoms with van der Waals surface area (Å²) in [5.41, 5.74) is 5.51. The number of piperidine rings is 1. The molecule has 0 radical (unpaired) electrons. The number of halogens is 1. The second kappa shape index (κ2) is 5.29. The molecule has 1 amide bonds. The van der Waals surface area contributed by atoms with Crippen molar-refractivity contribution in [2.45, 2.75) is 32.2 Å². The zero-order valence-electron chi connectivity index (χ0n) is 8.71. The minimum atomic E-state index is -0.410. The second-order valence-electron chi connectivity index (χ2n) is 4.03. The normalized spacial score (nSPS) is 20.9. The molecule has 1 aliphatic rings. The van der Waals surface area contributed by atoms with E-state index in [0.29, 0.717) is 12.3 Å². The average molecular weight is 202 g/mol. The van der Waals surface area contributed by atoms with E-state index in [1.807, 2.05) is 0 Å². The highest BCUT2D eigenvalue weighted by molar-refractivity contribution is 5.81. The predicted molar refractivity (Wildman–Crippen MR) is 53.5 cm³/mol. The number of likely N-dealkylation sites (tertiary alicyclic amines) is 1. The third kappa shape index (κ3) is 2.94. The summed E-state index contributed by atoms with van der Waals surface area (Å²) in [5, 5.41) is 0. The maximum absolute atomic E-state index is 12.1. The zero-order valence-corrected chi connectivity index (χ0v) is 8.71. The Hall–Kier alpha value is -0.640. The van der Waals surface area contributed by atoms with Gasteiger partial charge >= 0.3 is 0 Å². The molecular weight excluding hydrogens is 183 g/mol. The van der Waals surface area contributed by atoms with Crippen molar-refractivity contribution >= 4 is 5.91 Å². The lowest BCUT2D eigenvalue weighted by Gasteiger charge is -2.32. The highest BCUT2D eigenvalue weighted by Gasteiger charge is 2.23. The molecule has 0 aromatic rings. The Morgan fingerprint density at radius 1 is 1.57 bits per heavy atom. The highest BCUT2D eigenvalue weighted by Crippen LogP contribution is 2.20. The lowest BCUT2D eigenvalue weighted by atomic mass is 9.94. The van der Waals surface area contributed by atoms with Crippen molar-refractivity contribution in [2.24, 2.45) is 11.7 Å². The molecule has 1 heterocycles. The Morgan fingerprint density at radius 2 is 2.14 bits per heavy atom. The van der Waals surface area contributed by atoms with Gasteiger partial charge in [0.2, 0.25) is 5.91 Å². The van der Waals surface area contributed by atoms with Crippen molar-refractivity contribution in [3.8, 4) is 0 Å². The van der Waals surface area contributed by atoms with Crippen LogP contribution in [-0.2, 0) is 4.79 Å². The second-order valence-corrected chi connectivity index (χ2v) is 4.03. The van der Waals surface area contributed by atoms with Gasteiger partial charge in [0, 0.05) is 13.1 Å². The van der Waals surface area contributed by atoms with Gasteiger partial charge in [-0.25, -0.2) is 0 Å². The summed E-state index contributed by atoms with van der Waals surface area (Å²) in [6, 6.07) is -0.410. The molecule has 0 unspecified atom stereocenters. The number of nitrogens with zero attached hydrogens (tertiary/aromatic N) is 1. The maximum atomic E-state index is 12.1. The fourth-order valence-corrected chi connectivity index (χ4v) is 1.88. The molecule has 0 aromatic heterocycles. The maximum Gasteiger partial charge on any atom is 0.239 e. The summed E-state index contributed by atoms with van der Waals surface area (Å²) in [6.07, 6.45) is 2.48. The highest BCUT2D eigenvalue weighted by atomic mass is 19.1. The van der Waals surface area contributed by atoms with Crippen LogP contribution in [0.25, 0.3) is 0 Å². The third-order valence-corrected chi connectivity index (χ3v) is 2.83. The van der Waals surface area contributed by atoms with Crippen LogP contribution in [0.5, 0.6) is 0 Å². The molecule has 4 heteroatoms. The fourth-order valence-electron chi connectivity index (χ4n) is 1.88. The van der Waals surface area contributed by atoms with Crippen molar-refractivity contribution in [3.63, 3.8) is 0 Å². The van der Waals surface area contributed by atoms with Gasteiger partial charge in [-0.3, -0.25) is 9.18 Å². The van der Waals surface area contributed by atoms with E-state index in [-0.39, 0.29) is 12.6 Å². The molecule has 3 nitrogen and oxygen atoms in total. The fraction of sp³-hybridized carbons (Fsp3) is 0.900. The van der Waals surface area contributed by atoms with Gasteiger partial charge in [0.1, 0.15) is 0 Å². The molecule has 0 spiro atoms. The number of nitrogens with two attached hydrogens (primary N) is 1. The Labute approximate surface area is 84.4 Å². The Morgan fingerprint density at radius 3 is 2.57 bits per heavy atom. The molecule has 14 heavy (non-hydrogen) atoms. The standard InChI is InChI=1S/C10H19FN2O/c1-8(12)10(14)13-6-3-9(2-5-11)4-7-13/h8-9H,2-7,12H2,1H3/t8-/m1/s1. The summed E-state index contributed by atoms with van der Waals surface area (Å²) in [4.78, 5) is 13.3. The molecule has 1 saturated heterocycles. The number of alkyl halides is 1. The number of hydrogen-bond acceptors (Lipinski definition) is 2. The Bertz CT molecular complexity index is 189. The van der Waals surface area contributed by atoms with Crippen molar-refractivity contribution < 1.29 is 9.18 Å². The first-order valence-corrected chi connectivity index (χ1v) is 5.25. The van der Waals surface area contributed by atoms with Gasteiger partial charge in [0.25, 0.3) is 0 Å². The molecule has 1 fully saturated rings. The molecule has 1 rings (SSSR count). The topological polar surface area (TPSA) is 46.3 Å². The minimum absolute atomic E-state index is 0.0173. The van der Waals surface area contributed by atoms with Gasteiger partial charge in [-0.1, -0.05) is 0 Å². The van der Waals surface area contributed by atoms with Gasteiger partial charge in [-0.2, -0.15) is 0 Å². The van der Waals surface area contributed by atoms with E-state index in [0.717, 1.165) is 25.9 Å². The number of hydrogen-bond donors (Lipinski definition) is 1. The SMILES string of the molecule is C[C@@H](N)C(=O)N1CCC(CCF)CC1. The van der Waals surface area contributed by atoms with E-state index in [2.05, 4.69) is 0 Å². The van der Waals surface area contributed by atoms with Crippen LogP contribution >= 0.6 is 0 Å². The smallest absolute Gasteiger partial charge is 0.239 e. The largest absolute Gasteiger partial charge is 0.341 e. The first kappa shape index (κ1) is 11.4. The van der Waals surface area contributed by atoms with Crippen molar-refractivity contribution in [1.29, 1.82) is 0 Å². The predicted octanol–water partition coefficient (Wildman–Crippen LogP) is 0.932. The molecule has 2 N–H and O–H groups in total. The van der Waals surface area contributed by atoms with Crippen LogP contribution in [0.1, 0.15) is 26.2 Å². The van der Waals surface area contributed by atoms with Crippen LogP contribution in [0.4, 0.5) is 4.39 Å². The quantitative estimate of drug-likeness (QED) is 0.740. The number of carbonyl (C=O) groups excluding carboxylic acids is 1. The van der Waals surface area contributed by atoms with Crippen LogP contribution in [0, 0.1) is 5.92 Å². The third-order valence-electron chi connectivity index (χ3n) is 2.83. The van der Waals surface area contributed by atoms with E-state index in [1.165, 1.54) is 0 Å². The van der Waals surface area contributed by atoms with Crippen LogP contribution in [-0.4, -0.2) is 36.6 Å². The van der Waals surface area contributed by atoms with Gasteiger partial charge in [-0.15, -0.1) is 0 Å². The molecule has 0 aliphatic carbocycles. The molecule has 0 bridgehead atoms. The molecule has 0 aromatic carbocycles. The average Bonchev–Trinajstić information content (AvgIpc) is 2.18. The van der Waals surface area contributed by atoms with Gasteiger partial charge in [0.05, 0.1) is 12.7 Å². The van der Waals surface area contributed by atoms with Crippen molar-refractivity contribution in [3.05, 3.63) is 0 Å². The monoisotopic (exact) mass is 202 g/mol. The van der Waals surface area contributed by atoms with Crippen LogP contribution in [0.15, 0.2) is 0 Å². The molecule has 1 aliphatic heterocycles. The minimum Gasteiger partial charge on any atom is -0.341 e. The first-order valence-electron chi connectivity index (χ1n) is 5.25. The summed E-state index contributed by atoms with van der Waals surface area (Å²) in [5.74, 6) is 0.473. The number of amides is 1. The van der Waals surface area contributed by atoms with Gasteiger partial charge in [-0.05, 0) is 32.1 Å². The lowest BCUT2D eigenvalue weighted by molar-refractivity contribution is -0.133.